The van der Waals surface area contributed by atoms with Crippen molar-refractivity contribution >= 4 is 22.3 Å². The summed E-state index contributed by atoms with van der Waals surface area (Å²) in [6.45, 7) is 2.82. The molecule has 0 amide bonds. The highest BCUT2D eigenvalue weighted by molar-refractivity contribution is 7.18. The SMILES string of the molecule is COC(=O)c1sc(N[C@@H]2c3c(cc4c(c3OC)OCO4)CC[NH+]2C)c(C#N)c1C. The van der Waals surface area contributed by atoms with Crippen molar-refractivity contribution in [3.63, 3.8) is 0 Å². The zero-order chi connectivity index (χ0) is 20.7. The average Bonchev–Trinajstić information content (AvgIpc) is 3.31. The van der Waals surface area contributed by atoms with Crippen LogP contribution in [0.1, 0.15) is 38.1 Å². The summed E-state index contributed by atoms with van der Waals surface area (Å²) in [5, 5.41) is 13.8. The van der Waals surface area contributed by atoms with Crippen LogP contribution >= 0.6 is 11.3 Å². The molecule has 0 fully saturated rings. The van der Waals surface area contributed by atoms with E-state index in [1.165, 1.54) is 23.3 Å². The molecule has 2 N–H and O–H groups in total. The lowest BCUT2D eigenvalue weighted by molar-refractivity contribution is -0.910. The van der Waals surface area contributed by atoms with E-state index in [4.69, 9.17) is 18.9 Å². The van der Waals surface area contributed by atoms with Crippen LogP contribution in [0.15, 0.2) is 6.07 Å². The number of rotatable bonds is 4. The number of esters is 1. The van der Waals surface area contributed by atoms with Crippen LogP contribution in [0.3, 0.4) is 0 Å². The second kappa shape index (κ2) is 7.46. The van der Waals surface area contributed by atoms with Crippen molar-refractivity contribution in [2.45, 2.75) is 19.5 Å². The molecule has 0 saturated carbocycles. The van der Waals surface area contributed by atoms with Crippen molar-refractivity contribution in [3.8, 4) is 23.3 Å². The standard InChI is InChI=1S/C20H21N3O5S/c1-10-12(8-21)19(29-17(10)20(24)26-4)22-18-14-11(5-6-23(18)2)7-13-15(16(14)25-3)28-9-27-13/h7,18,22H,5-6,9H2,1-4H3/p+1/t18-/m0/s1. The Morgan fingerprint density at radius 2 is 2.21 bits per heavy atom. The summed E-state index contributed by atoms with van der Waals surface area (Å²) in [7, 11) is 5.03. The summed E-state index contributed by atoms with van der Waals surface area (Å²) < 4.78 is 21.8. The number of benzene rings is 1. The topological polar surface area (TPSA) is 94.2 Å². The molecule has 0 saturated heterocycles. The summed E-state index contributed by atoms with van der Waals surface area (Å²) in [5.74, 6) is 1.50. The molecule has 0 radical (unpaired) electrons. The maximum absolute atomic E-state index is 12.1. The molecule has 2 aliphatic heterocycles. The van der Waals surface area contributed by atoms with Crippen LogP contribution in [0.25, 0.3) is 0 Å². The maximum Gasteiger partial charge on any atom is 0.348 e. The minimum Gasteiger partial charge on any atom is -0.492 e. The van der Waals surface area contributed by atoms with Gasteiger partial charge in [-0.05, 0) is 24.1 Å². The Labute approximate surface area is 172 Å². The van der Waals surface area contributed by atoms with Gasteiger partial charge in [-0.1, -0.05) is 0 Å². The first-order chi connectivity index (χ1) is 14.0. The van der Waals surface area contributed by atoms with E-state index in [-0.39, 0.29) is 13.0 Å². The van der Waals surface area contributed by atoms with E-state index in [1.54, 1.807) is 14.0 Å². The Hall–Kier alpha value is -2.96. The molecule has 1 aromatic carbocycles. The number of thiophene rings is 1. The van der Waals surface area contributed by atoms with E-state index in [2.05, 4.69) is 18.4 Å². The highest BCUT2D eigenvalue weighted by Gasteiger charge is 2.37. The molecule has 2 atom stereocenters. The molecule has 0 bridgehead atoms. The Bertz CT molecular complexity index is 1030. The van der Waals surface area contributed by atoms with Gasteiger partial charge in [-0.15, -0.1) is 11.3 Å². The molecule has 4 rings (SSSR count). The number of carbonyl (C=O) groups is 1. The molecular weight excluding hydrogens is 394 g/mol. The van der Waals surface area contributed by atoms with Gasteiger partial charge in [0.2, 0.25) is 12.5 Å². The minimum absolute atomic E-state index is 0.167. The second-order valence-corrected chi connectivity index (χ2v) is 8.02. The number of nitrogens with one attached hydrogen (secondary N) is 2. The number of methoxy groups -OCH3 is 2. The fourth-order valence-electron chi connectivity index (χ4n) is 3.89. The summed E-state index contributed by atoms with van der Waals surface area (Å²) in [6.07, 6.45) is 0.688. The Morgan fingerprint density at radius 1 is 1.41 bits per heavy atom. The van der Waals surface area contributed by atoms with E-state index in [0.29, 0.717) is 38.3 Å². The van der Waals surface area contributed by atoms with Gasteiger partial charge in [0.05, 0.1) is 38.9 Å². The number of hydrogen-bond donors (Lipinski definition) is 2. The number of likely N-dealkylation sites (N-methyl/N-ethyl adjacent to an activating group) is 1. The second-order valence-electron chi connectivity index (χ2n) is 7.00. The number of quaternary nitrogens is 1. The lowest BCUT2D eigenvalue weighted by Crippen LogP contribution is -3.11. The van der Waals surface area contributed by atoms with Gasteiger partial charge in [0.1, 0.15) is 15.9 Å². The average molecular weight is 416 g/mol. The van der Waals surface area contributed by atoms with E-state index < -0.39 is 5.97 Å². The third-order valence-corrected chi connectivity index (χ3v) is 6.63. The van der Waals surface area contributed by atoms with Crippen molar-refractivity contribution in [1.29, 1.82) is 5.26 Å². The van der Waals surface area contributed by atoms with Crippen LogP contribution in [0.5, 0.6) is 17.2 Å². The lowest BCUT2D eigenvalue weighted by atomic mass is 9.95. The molecule has 8 nitrogen and oxygen atoms in total. The molecule has 1 unspecified atom stereocenters. The van der Waals surface area contributed by atoms with Gasteiger partial charge in [-0.3, -0.25) is 0 Å². The number of nitrogens with zero attached hydrogens (tertiary/aromatic N) is 1. The molecule has 2 aromatic rings. The van der Waals surface area contributed by atoms with E-state index in [1.807, 2.05) is 6.07 Å². The first-order valence-electron chi connectivity index (χ1n) is 9.20. The monoisotopic (exact) mass is 416 g/mol. The highest BCUT2D eigenvalue weighted by atomic mass is 32.1. The van der Waals surface area contributed by atoms with Gasteiger partial charge in [0.25, 0.3) is 0 Å². The number of anilines is 1. The number of fused-ring (bicyclic) bond motifs is 2. The van der Waals surface area contributed by atoms with E-state index in [9.17, 15) is 10.1 Å². The molecular formula is C20H22N3O5S+. The van der Waals surface area contributed by atoms with Gasteiger partial charge in [-0.2, -0.15) is 5.26 Å². The van der Waals surface area contributed by atoms with Crippen LogP contribution in [0, 0.1) is 18.3 Å². The predicted molar refractivity (Wildman–Crippen MR) is 106 cm³/mol. The molecule has 0 aliphatic carbocycles. The van der Waals surface area contributed by atoms with Crippen molar-refractivity contribution < 1.29 is 28.6 Å². The summed E-state index contributed by atoms with van der Waals surface area (Å²) in [4.78, 5) is 13.7. The van der Waals surface area contributed by atoms with Crippen molar-refractivity contribution in [1.82, 2.24) is 0 Å². The lowest BCUT2D eigenvalue weighted by Gasteiger charge is -2.33. The fraction of sp³-hybridized carbons (Fsp3) is 0.400. The fourth-order valence-corrected chi connectivity index (χ4v) is 4.99. The molecule has 2 aliphatic rings. The van der Waals surface area contributed by atoms with Gasteiger partial charge in [0, 0.05) is 6.42 Å². The molecule has 0 spiro atoms. The Morgan fingerprint density at radius 3 is 2.90 bits per heavy atom. The smallest absolute Gasteiger partial charge is 0.348 e. The molecule has 1 aromatic heterocycles. The third-order valence-electron chi connectivity index (χ3n) is 5.42. The van der Waals surface area contributed by atoms with E-state index in [0.717, 1.165) is 24.1 Å². The Kier molecular flexibility index (Phi) is 4.98. The van der Waals surface area contributed by atoms with Gasteiger partial charge in [0.15, 0.2) is 17.7 Å². The van der Waals surface area contributed by atoms with E-state index >= 15 is 0 Å². The number of hydrogen-bond acceptors (Lipinski definition) is 8. The van der Waals surface area contributed by atoms with Crippen LogP contribution < -0.4 is 24.4 Å². The summed E-state index contributed by atoms with van der Waals surface area (Å²) >= 11 is 1.23. The maximum atomic E-state index is 12.1. The molecule has 9 heteroatoms. The van der Waals surface area contributed by atoms with Crippen LogP contribution in [0.4, 0.5) is 5.00 Å². The quantitative estimate of drug-likeness (QED) is 0.732. The molecule has 3 heterocycles. The minimum atomic E-state index is -0.442. The zero-order valence-corrected chi connectivity index (χ0v) is 17.5. The van der Waals surface area contributed by atoms with Gasteiger partial charge >= 0.3 is 5.97 Å². The van der Waals surface area contributed by atoms with Crippen LogP contribution in [-0.4, -0.2) is 40.6 Å². The largest absolute Gasteiger partial charge is 0.492 e. The molecule has 152 valence electrons. The van der Waals surface area contributed by atoms with Gasteiger partial charge < -0.3 is 29.2 Å². The zero-order valence-electron chi connectivity index (χ0n) is 16.7. The number of carbonyl (C=O) groups excluding carboxylic acids is 1. The number of ether oxygens (including phenoxy) is 4. The first kappa shape index (κ1) is 19.4. The van der Waals surface area contributed by atoms with Crippen molar-refractivity contribution in [2.24, 2.45) is 0 Å². The predicted octanol–water partition coefficient (Wildman–Crippen LogP) is 1.63. The summed E-state index contributed by atoms with van der Waals surface area (Å²) in [6, 6.07) is 4.22. The number of nitriles is 1. The third kappa shape index (κ3) is 3.05. The normalized spacial score (nSPS) is 19.3. The van der Waals surface area contributed by atoms with Gasteiger partial charge in [-0.25, -0.2) is 4.79 Å². The van der Waals surface area contributed by atoms with Crippen molar-refractivity contribution in [2.75, 3.05) is 39.9 Å². The highest BCUT2D eigenvalue weighted by Crippen LogP contribution is 2.48. The van der Waals surface area contributed by atoms with Crippen molar-refractivity contribution in [3.05, 3.63) is 33.2 Å². The van der Waals surface area contributed by atoms with Crippen LogP contribution in [-0.2, 0) is 11.2 Å². The Balaban J connectivity index is 1.81. The molecule has 29 heavy (non-hydrogen) atoms. The summed E-state index contributed by atoms with van der Waals surface area (Å²) in [5.41, 5.74) is 3.18. The first-order valence-corrected chi connectivity index (χ1v) is 10.0. The van der Waals surface area contributed by atoms with Crippen LogP contribution in [0.2, 0.25) is 0 Å².